The quantitative estimate of drug-likeness (QED) is 0.800. The predicted octanol–water partition coefficient (Wildman–Crippen LogP) is 2.91. The Labute approximate surface area is 141 Å². The van der Waals surface area contributed by atoms with Crippen molar-refractivity contribution in [3.8, 4) is 11.5 Å². The fourth-order valence-corrected chi connectivity index (χ4v) is 3.36. The first kappa shape index (κ1) is 15.0. The summed E-state index contributed by atoms with van der Waals surface area (Å²) in [6.45, 7) is 3.94. The molecule has 1 aliphatic heterocycles. The number of pyridine rings is 1. The first-order valence-electron chi connectivity index (χ1n) is 8.27. The highest BCUT2D eigenvalue weighted by Gasteiger charge is 2.30. The van der Waals surface area contributed by atoms with Crippen LogP contribution < -0.4 is 0 Å². The summed E-state index contributed by atoms with van der Waals surface area (Å²) in [7, 11) is 0. The van der Waals surface area contributed by atoms with Crippen LogP contribution in [0.3, 0.4) is 0 Å². The largest absolute Gasteiger partial charge is 0.341 e. The number of rotatable bonds is 4. The lowest BCUT2D eigenvalue weighted by Gasteiger charge is -2.24. The van der Waals surface area contributed by atoms with E-state index in [-0.39, 0.29) is 6.04 Å². The number of likely N-dealkylation sites (tertiary alicyclic amines) is 1. The van der Waals surface area contributed by atoms with Gasteiger partial charge in [0.1, 0.15) is 5.69 Å². The third-order valence-electron chi connectivity index (χ3n) is 4.44. The van der Waals surface area contributed by atoms with Gasteiger partial charge in [-0.15, -0.1) is 0 Å². The smallest absolute Gasteiger partial charge is 0.158 e. The van der Waals surface area contributed by atoms with Gasteiger partial charge in [-0.05, 0) is 37.9 Å². The molecule has 4 rings (SSSR count). The molecule has 0 unspecified atom stereocenters. The van der Waals surface area contributed by atoms with E-state index in [9.17, 15) is 0 Å². The van der Waals surface area contributed by atoms with E-state index in [1.807, 2.05) is 31.6 Å². The Morgan fingerprint density at radius 3 is 2.88 bits per heavy atom. The predicted molar refractivity (Wildman–Crippen MR) is 91.0 cm³/mol. The van der Waals surface area contributed by atoms with E-state index in [4.69, 9.17) is 0 Å². The Bertz CT molecular complexity index is 813. The van der Waals surface area contributed by atoms with Crippen molar-refractivity contribution in [1.82, 2.24) is 29.8 Å². The van der Waals surface area contributed by atoms with Crippen molar-refractivity contribution in [3.05, 3.63) is 60.1 Å². The SMILES string of the molecule is Cc1cnc(-c2nccnc2[C@@H]2CCCN2Cc2cccnc2)[nH]1. The Morgan fingerprint density at radius 2 is 2.08 bits per heavy atom. The normalized spacial score (nSPS) is 18.1. The molecule has 0 aromatic carbocycles. The van der Waals surface area contributed by atoms with Gasteiger partial charge in [-0.2, -0.15) is 0 Å². The summed E-state index contributed by atoms with van der Waals surface area (Å²) in [6.07, 6.45) is 11.3. The van der Waals surface area contributed by atoms with E-state index in [1.54, 1.807) is 12.4 Å². The Hall–Kier alpha value is -2.60. The Morgan fingerprint density at radius 1 is 1.17 bits per heavy atom. The maximum atomic E-state index is 4.66. The van der Waals surface area contributed by atoms with Gasteiger partial charge < -0.3 is 4.98 Å². The maximum Gasteiger partial charge on any atom is 0.158 e. The second-order valence-electron chi connectivity index (χ2n) is 6.19. The molecule has 0 aliphatic carbocycles. The van der Waals surface area contributed by atoms with E-state index in [2.05, 4.69) is 35.9 Å². The van der Waals surface area contributed by atoms with Crippen molar-refractivity contribution < 1.29 is 0 Å². The van der Waals surface area contributed by atoms with Gasteiger partial charge in [0.2, 0.25) is 0 Å². The molecule has 3 aromatic heterocycles. The van der Waals surface area contributed by atoms with E-state index < -0.39 is 0 Å². The van der Waals surface area contributed by atoms with Gasteiger partial charge in [0, 0.05) is 43.2 Å². The highest BCUT2D eigenvalue weighted by molar-refractivity contribution is 5.53. The first-order valence-corrected chi connectivity index (χ1v) is 8.27. The van der Waals surface area contributed by atoms with Gasteiger partial charge in [-0.25, -0.2) is 9.97 Å². The second-order valence-corrected chi connectivity index (χ2v) is 6.19. The zero-order chi connectivity index (χ0) is 16.4. The summed E-state index contributed by atoms with van der Waals surface area (Å²) in [5.74, 6) is 0.795. The number of aromatic amines is 1. The molecule has 1 N–H and O–H groups in total. The van der Waals surface area contributed by atoms with Crippen LogP contribution >= 0.6 is 0 Å². The lowest BCUT2D eigenvalue weighted by atomic mass is 10.1. The van der Waals surface area contributed by atoms with E-state index in [1.165, 1.54) is 5.56 Å². The number of aromatic nitrogens is 5. The van der Waals surface area contributed by atoms with Gasteiger partial charge in [0.05, 0.1) is 11.7 Å². The van der Waals surface area contributed by atoms with Crippen LogP contribution in [0.2, 0.25) is 0 Å². The number of hydrogen-bond donors (Lipinski definition) is 1. The molecule has 24 heavy (non-hydrogen) atoms. The molecule has 1 saturated heterocycles. The van der Waals surface area contributed by atoms with Gasteiger partial charge in [0.25, 0.3) is 0 Å². The number of H-pyrrole nitrogens is 1. The maximum absolute atomic E-state index is 4.66. The molecule has 0 radical (unpaired) electrons. The molecule has 3 aromatic rings. The van der Waals surface area contributed by atoms with Crippen LogP contribution in [0.15, 0.2) is 43.1 Å². The minimum absolute atomic E-state index is 0.263. The summed E-state index contributed by atoms with van der Waals surface area (Å²) in [6, 6.07) is 4.37. The average Bonchev–Trinajstić information content (AvgIpc) is 3.25. The van der Waals surface area contributed by atoms with Crippen molar-refractivity contribution >= 4 is 0 Å². The number of nitrogens with one attached hydrogen (secondary N) is 1. The number of imidazole rings is 1. The molecule has 6 heteroatoms. The molecule has 0 saturated carbocycles. The van der Waals surface area contributed by atoms with Gasteiger partial charge in [0.15, 0.2) is 5.82 Å². The van der Waals surface area contributed by atoms with Crippen LogP contribution in [-0.4, -0.2) is 36.4 Å². The number of nitrogens with zero attached hydrogens (tertiary/aromatic N) is 5. The van der Waals surface area contributed by atoms with Crippen LogP contribution in [0.4, 0.5) is 0 Å². The number of aryl methyl sites for hydroxylation is 1. The summed E-state index contributed by atoms with van der Waals surface area (Å²) in [5, 5.41) is 0. The van der Waals surface area contributed by atoms with Crippen molar-refractivity contribution in [1.29, 1.82) is 0 Å². The molecule has 1 atom stereocenters. The van der Waals surface area contributed by atoms with Crippen LogP contribution in [0, 0.1) is 6.92 Å². The Kier molecular flexibility index (Phi) is 4.04. The van der Waals surface area contributed by atoms with Crippen molar-refractivity contribution in [2.75, 3.05) is 6.54 Å². The molecule has 0 spiro atoms. The molecule has 6 nitrogen and oxygen atoms in total. The van der Waals surface area contributed by atoms with Gasteiger partial charge >= 0.3 is 0 Å². The highest BCUT2D eigenvalue weighted by Crippen LogP contribution is 2.35. The average molecular weight is 320 g/mol. The van der Waals surface area contributed by atoms with Crippen molar-refractivity contribution in [2.45, 2.75) is 32.4 Å². The molecule has 1 aliphatic rings. The van der Waals surface area contributed by atoms with Crippen LogP contribution in [-0.2, 0) is 6.54 Å². The minimum Gasteiger partial charge on any atom is -0.341 e. The topological polar surface area (TPSA) is 70.6 Å². The zero-order valence-corrected chi connectivity index (χ0v) is 13.7. The van der Waals surface area contributed by atoms with Crippen LogP contribution in [0.5, 0.6) is 0 Å². The first-order chi connectivity index (χ1) is 11.8. The molecule has 0 amide bonds. The fraction of sp³-hybridized carbons (Fsp3) is 0.333. The van der Waals surface area contributed by atoms with Crippen LogP contribution in [0.25, 0.3) is 11.5 Å². The standard InChI is InChI=1S/C18H20N6/c1-13-10-22-18(23-13)17-16(20-7-8-21-17)15-5-3-9-24(15)12-14-4-2-6-19-11-14/h2,4,6-8,10-11,15H,3,5,9,12H2,1H3,(H,22,23)/t15-/m0/s1. The summed E-state index contributed by atoms with van der Waals surface area (Å²) < 4.78 is 0. The van der Waals surface area contributed by atoms with Crippen molar-refractivity contribution in [3.63, 3.8) is 0 Å². The lowest BCUT2D eigenvalue weighted by molar-refractivity contribution is 0.244. The molecule has 122 valence electrons. The lowest BCUT2D eigenvalue weighted by Crippen LogP contribution is -2.24. The van der Waals surface area contributed by atoms with Gasteiger partial charge in [-0.1, -0.05) is 6.07 Å². The monoisotopic (exact) mass is 320 g/mol. The van der Waals surface area contributed by atoms with Crippen LogP contribution in [0.1, 0.15) is 35.8 Å². The zero-order valence-electron chi connectivity index (χ0n) is 13.7. The molecular formula is C18H20N6. The van der Waals surface area contributed by atoms with Crippen molar-refractivity contribution in [2.24, 2.45) is 0 Å². The summed E-state index contributed by atoms with van der Waals surface area (Å²) in [4.78, 5) is 23.6. The third kappa shape index (κ3) is 2.92. The summed E-state index contributed by atoms with van der Waals surface area (Å²) in [5.41, 5.74) is 4.12. The van der Waals surface area contributed by atoms with E-state index in [0.717, 1.165) is 48.8 Å². The molecule has 4 heterocycles. The van der Waals surface area contributed by atoms with E-state index >= 15 is 0 Å². The molecule has 0 bridgehead atoms. The summed E-state index contributed by atoms with van der Waals surface area (Å²) >= 11 is 0. The molecular weight excluding hydrogens is 300 g/mol. The Balaban J connectivity index is 1.65. The van der Waals surface area contributed by atoms with Gasteiger partial charge in [-0.3, -0.25) is 14.9 Å². The second kappa shape index (κ2) is 6.49. The molecule has 1 fully saturated rings. The highest BCUT2D eigenvalue weighted by atomic mass is 15.2. The van der Waals surface area contributed by atoms with E-state index in [0.29, 0.717) is 0 Å². The number of hydrogen-bond acceptors (Lipinski definition) is 5. The minimum atomic E-state index is 0.263. The third-order valence-corrected chi connectivity index (χ3v) is 4.44. The fourth-order valence-electron chi connectivity index (χ4n) is 3.36.